The van der Waals surface area contributed by atoms with E-state index in [1.807, 2.05) is 13.0 Å². The van der Waals surface area contributed by atoms with Crippen molar-refractivity contribution in [3.8, 4) is 0 Å². The molecule has 11 heavy (non-hydrogen) atoms. The molecule has 0 saturated carbocycles. The van der Waals surface area contributed by atoms with Gasteiger partial charge in [0.2, 0.25) is 0 Å². The average molecular weight is 150 g/mol. The number of hydrogen-bond donors (Lipinski definition) is 0. The van der Waals surface area contributed by atoms with Crippen LogP contribution in [0.2, 0.25) is 0 Å². The zero-order valence-electron chi connectivity index (χ0n) is 6.97. The summed E-state index contributed by atoms with van der Waals surface area (Å²) >= 11 is 0. The highest BCUT2D eigenvalue weighted by atomic mass is 16.1. The van der Waals surface area contributed by atoms with Crippen LogP contribution < -0.4 is 0 Å². The van der Waals surface area contributed by atoms with Crippen molar-refractivity contribution in [2.24, 2.45) is 0 Å². The molecule has 0 aliphatic carbocycles. The number of carbonyl (C=O) groups excluding carboxylic acids is 1. The van der Waals surface area contributed by atoms with Gasteiger partial charge in [-0.1, -0.05) is 32.2 Å². The third-order valence-electron chi connectivity index (χ3n) is 1.33. The third-order valence-corrected chi connectivity index (χ3v) is 1.33. The van der Waals surface area contributed by atoms with Crippen LogP contribution in [0.3, 0.4) is 0 Å². The van der Waals surface area contributed by atoms with E-state index in [-0.39, 0.29) is 0 Å². The van der Waals surface area contributed by atoms with Crippen molar-refractivity contribution in [2.75, 3.05) is 0 Å². The Morgan fingerprint density at radius 2 is 2.18 bits per heavy atom. The van der Waals surface area contributed by atoms with Crippen molar-refractivity contribution >= 4 is 6.29 Å². The monoisotopic (exact) mass is 150 g/mol. The Morgan fingerprint density at radius 1 is 1.55 bits per heavy atom. The van der Waals surface area contributed by atoms with E-state index in [1.54, 1.807) is 6.08 Å². The van der Waals surface area contributed by atoms with Crippen LogP contribution in [-0.2, 0) is 4.79 Å². The van der Waals surface area contributed by atoms with E-state index in [1.165, 1.54) is 0 Å². The average Bonchev–Trinajstić information content (AvgIpc) is 2.03. The molecule has 0 fully saturated rings. The van der Waals surface area contributed by atoms with E-state index in [0.717, 1.165) is 18.3 Å². The molecule has 0 bridgehead atoms. The predicted octanol–water partition coefficient (Wildman–Crippen LogP) is 2.65. The van der Waals surface area contributed by atoms with Gasteiger partial charge in [-0.15, -0.1) is 0 Å². The summed E-state index contributed by atoms with van der Waals surface area (Å²) in [5.74, 6) is 0. The summed E-state index contributed by atoms with van der Waals surface area (Å²) in [6.07, 6.45) is 6.18. The second kappa shape index (κ2) is 5.66. The van der Waals surface area contributed by atoms with E-state index >= 15 is 0 Å². The standard InChI is InChI=1S/C10H14O/c1-4-6-10(5-2)7-9(3)8-11/h5-6,8H,2-4,7H2,1H3. The lowest BCUT2D eigenvalue weighted by Gasteiger charge is -1.98. The summed E-state index contributed by atoms with van der Waals surface area (Å²) in [6.45, 7) is 9.28. The van der Waals surface area contributed by atoms with Crippen LogP contribution in [0.15, 0.2) is 36.5 Å². The Kier molecular flexibility index (Phi) is 5.09. The van der Waals surface area contributed by atoms with Crippen molar-refractivity contribution in [1.82, 2.24) is 0 Å². The van der Waals surface area contributed by atoms with Gasteiger partial charge in [0.15, 0.2) is 0 Å². The molecule has 0 aliphatic rings. The first kappa shape index (κ1) is 9.89. The van der Waals surface area contributed by atoms with E-state index in [0.29, 0.717) is 12.0 Å². The highest BCUT2D eigenvalue weighted by molar-refractivity contribution is 5.73. The van der Waals surface area contributed by atoms with Gasteiger partial charge >= 0.3 is 0 Å². The summed E-state index contributed by atoms with van der Waals surface area (Å²) in [5.41, 5.74) is 1.68. The molecule has 0 heterocycles. The number of carbonyl (C=O) groups is 1. The Morgan fingerprint density at radius 3 is 2.55 bits per heavy atom. The highest BCUT2D eigenvalue weighted by Crippen LogP contribution is 2.08. The van der Waals surface area contributed by atoms with Gasteiger partial charge in [0.05, 0.1) is 0 Å². The second-order valence-electron chi connectivity index (χ2n) is 2.34. The quantitative estimate of drug-likeness (QED) is 0.334. The molecule has 0 aromatic rings. The summed E-state index contributed by atoms with van der Waals surface area (Å²) in [5, 5.41) is 0. The first-order valence-electron chi connectivity index (χ1n) is 3.69. The van der Waals surface area contributed by atoms with Crippen LogP contribution in [0.25, 0.3) is 0 Å². The first-order valence-corrected chi connectivity index (χ1v) is 3.69. The molecule has 0 aromatic carbocycles. The van der Waals surface area contributed by atoms with Gasteiger partial charge in [0.1, 0.15) is 6.29 Å². The van der Waals surface area contributed by atoms with Crippen LogP contribution >= 0.6 is 0 Å². The summed E-state index contributed by atoms with van der Waals surface area (Å²) < 4.78 is 0. The van der Waals surface area contributed by atoms with E-state index < -0.39 is 0 Å². The Balaban J connectivity index is 4.08. The molecule has 0 rings (SSSR count). The predicted molar refractivity (Wildman–Crippen MR) is 48.4 cm³/mol. The van der Waals surface area contributed by atoms with Gasteiger partial charge in [-0.05, 0) is 24.0 Å². The minimum Gasteiger partial charge on any atom is -0.298 e. The maximum atomic E-state index is 10.2. The number of allylic oxidation sites excluding steroid dienone is 4. The Hall–Kier alpha value is -1.11. The molecular formula is C10H14O. The maximum Gasteiger partial charge on any atom is 0.145 e. The fraction of sp³-hybridized carbons (Fsp3) is 0.300. The maximum absolute atomic E-state index is 10.2. The fourth-order valence-electron chi connectivity index (χ4n) is 0.794. The first-order chi connectivity index (χ1) is 5.24. The van der Waals surface area contributed by atoms with Crippen LogP contribution in [0.5, 0.6) is 0 Å². The van der Waals surface area contributed by atoms with Crippen molar-refractivity contribution in [3.63, 3.8) is 0 Å². The molecule has 0 saturated heterocycles. The molecule has 0 atom stereocenters. The molecule has 60 valence electrons. The molecule has 0 unspecified atom stereocenters. The smallest absolute Gasteiger partial charge is 0.145 e. The molecule has 0 aromatic heterocycles. The van der Waals surface area contributed by atoms with Gasteiger partial charge in [-0.3, -0.25) is 4.79 Å². The molecule has 0 amide bonds. The summed E-state index contributed by atoms with van der Waals surface area (Å²) in [7, 11) is 0. The number of hydrogen-bond acceptors (Lipinski definition) is 1. The van der Waals surface area contributed by atoms with Gasteiger partial charge in [0.25, 0.3) is 0 Å². The fourth-order valence-corrected chi connectivity index (χ4v) is 0.794. The van der Waals surface area contributed by atoms with Crippen LogP contribution in [0.1, 0.15) is 19.8 Å². The largest absolute Gasteiger partial charge is 0.298 e. The number of aldehydes is 1. The lowest BCUT2D eigenvalue weighted by Crippen LogP contribution is -1.84. The minimum absolute atomic E-state index is 0.601. The van der Waals surface area contributed by atoms with Gasteiger partial charge < -0.3 is 0 Å². The lowest BCUT2D eigenvalue weighted by atomic mass is 10.1. The van der Waals surface area contributed by atoms with Gasteiger partial charge in [-0.2, -0.15) is 0 Å². The third kappa shape index (κ3) is 4.31. The highest BCUT2D eigenvalue weighted by Gasteiger charge is 1.93. The Bertz CT molecular complexity index is 187. The van der Waals surface area contributed by atoms with Crippen LogP contribution in [-0.4, -0.2) is 6.29 Å². The molecular weight excluding hydrogens is 136 g/mol. The molecule has 0 aliphatic heterocycles. The van der Waals surface area contributed by atoms with Crippen molar-refractivity contribution in [3.05, 3.63) is 36.5 Å². The van der Waals surface area contributed by atoms with E-state index in [9.17, 15) is 4.79 Å². The zero-order chi connectivity index (χ0) is 8.69. The topological polar surface area (TPSA) is 17.1 Å². The van der Waals surface area contributed by atoms with Crippen molar-refractivity contribution < 1.29 is 4.79 Å². The molecule has 1 heteroatoms. The molecule has 0 N–H and O–H groups in total. The SMILES string of the molecule is C=CC(=CCC)CC(=C)C=O. The molecule has 1 nitrogen and oxygen atoms in total. The second-order valence-corrected chi connectivity index (χ2v) is 2.34. The van der Waals surface area contributed by atoms with Crippen molar-refractivity contribution in [2.45, 2.75) is 19.8 Å². The molecule has 0 radical (unpaired) electrons. The Labute approximate surface area is 68.1 Å². The minimum atomic E-state index is 0.601. The van der Waals surface area contributed by atoms with Gasteiger partial charge in [-0.25, -0.2) is 0 Å². The summed E-state index contributed by atoms with van der Waals surface area (Å²) in [6, 6.07) is 0. The normalized spacial score (nSPS) is 10.8. The summed E-state index contributed by atoms with van der Waals surface area (Å²) in [4.78, 5) is 10.2. The van der Waals surface area contributed by atoms with E-state index in [4.69, 9.17) is 0 Å². The lowest BCUT2D eigenvalue weighted by molar-refractivity contribution is -0.104. The number of rotatable bonds is 5. The molecule has 0 spiro atoms. The zero-order valence-corrected chi connectivity index (χ0v) is 6.97. The van der Waals surface area contributed by atoms with Gasteiger partial charge in [0, 0.05) is 0 Å². The van der Waals surface area contributed by atoms with Crippen LogP contribution in [0.4, 0.5) is 0 Å². The van der Waals surface area contributed by atoms with Crippen molar-refractivity contribution in [1.29, 1.82) is 0 Å². The van der Waals surface area contributed by atoms with Crippen LogP contribution in [0, 0.1) is 0 Å². The van der Waals surface area contributed by atoms with E-state index in [2.05, 4.69) is 13.2 Å².